The molecule has 2 saturated carbocycles. The van der Waals surface area contributed by atoms with Crippen molar-refractivity contribution >= 4 is 5.91 Å². The summed E-state index contributed by atoms with van der Waals surface area (Å²) in [6.45, 7) is 4.44. The lowest BCUT2D eigenvalue weighted by molar-refractivity contribution is -0.126. The molecule has 2 aliphatic carbocycles. The van der Waals surface area contributed by atoms with Crippen LogP contribution >= 0.6 is 0 Å². The fraction of sp³-hybridized carbons (Fsp3) is 0.933. The van der Waals surface area contributed by atoms with Crippen molar-refractivity contribution in [1.29, 1.82) is 0 Å². The van der Waals surface area contributed by atoms with Crippen molar-refractivity contribution in [2.75, 3.05) is 26.8 Å². The fourth-order valence-corrected chi connectivity index (χ4v) is 3.20. The number of carbonyl (C=O) groups is 1. The minimum atomic E-state index is -0.482. The second-order valence-electron chi connectivity index (χ2n) is 6.29. The third-order valence-electron chi connectivity index (χ3n) is 4.67. The van der Waals surface area contributed by atoms with Gasteiger partial charge >= 0.3 is 0 Å². The number of nitrogens with two attached hydrogens (primary N) is 1. The standard InChI is InChI=1S/C15H29N3O2/c1-3-20-10-9-18(2)13-5-4-8-15(11-13,14(16)19)17-12-6-7-12/h12-13,17H,3-11H2,1-2H3,(H2,16,19). The zero-order valence-corrected chi connectivity index (χ0v) is 12.9. The van der Waals surface area contributed by atoms with E-state index in [1.165, 1.54) is 12.8 Å². The molecular weight excluding hydrogens is 254 g/mol. The minimum absolute atomic E-state index is 0.174. The van der Waals surface area contributed by atoms with Crippen molar-refractivity contribution in [3.8, 4) is 0 Å². The fourth-order valence-electron chi connectivity index (χ4n) is 3.20. The monoisotopic (exact) mass is 283 g/mol. The Hall–Kier alpha value is -0.650. The molecule has 2 aliphatic rings. The van der Waals surface area contributed by atoms with Crippen LogP contribution in [0.2, 0.25) is 0 Å². The second-order valence-corrected chi connectivity index (χ2v) is 6.29. The van der Waals surface area contributed by atoms with E-state index in [9.17, 15) is 4.79 Å². The summed E-state index contributed by atoms with van der Waals surface area (Å²) in [5.74, 6) is -0.174. The first-order valence-electron chi connectivity index (χ1n) is 7.93. The number of primary amides is 1. The van der Waals surface area contributed by atoms with Crippen molar-refractivity contribution in [3.63, 3.8) is 0 Å². The van der Waals surface area contributed by atoms with E-state index < -0.39 is 5.54 Å². The molecule has 5 heteroatoms. The number of hydrogen-bond donors (Lipinski definition) is 2. The zero-order chi connectivity index (χ0) is 14.6. The summed E-state index contributed by atoms with van der Waals surface area (Å²) in [6.07, 6.45) is 6.28. The van der Waals surface area contributed by atoms with Crippen LogP contribution in [-0.4, -0.2) is 55.2 Å². The topological polar surface area (TPSA) is 67.6 Å². The van der Waals surface area contributed by atoms with Gasteiger partial charge in [-0.2, -0.15) is 0 Å². The Morgan fingerprint density at radius 2 is 2.20 bits per heavy atom. The van der Waals surface area contributed by atoms with Gasteiger partial charge in [-0.25, -0.2) is 0 Å². The molecule has 1 amide bonds. The molecule has 3 N–H and O–H groups in total. The molecule has 0 aromatic rings. The molecule has 0 aromatic carbocycles. The average molecular weight is 283 g/mol. The summed E-state index contributed by atoms with van der Waals surface area (Å²) in [5.41, 5.74) is 5.24. The summed E-state index contributed by atoms with van der Waals surface area (Å²) in [7, 11) is 2.12. The summed E-state index contributed by atoms with van der Waals surface area (Å²) < 4.78 is 5.42. The minimum Gasteiger partial charge on any atom is -0.380 e. The highest BCUT2D eigenvalue weighted by molar-refractivity contribution is 5.85. The molecule has 0 aliphatic heterocycles. The lowest BCUT2D eigenvalue weighted by atomic mass is 9.77. The first-order valence-corrected chi connectivity index (χ1v) is 7.93. The smallest absolute Gasteiger partial charge is 0.237 e. The Bertz CT molecular complexity index is 333. The SMILES string of the molecule is CCOCCN(C)C1CCCC(NC2CC2)(C(N)=O)C1. The summed E-state index contributed by atoms with van der Waals surface area (Å²) in [5, 5.41) is 3.53. The molecule has 2 unspecified atom stereocenters. The van der Waals surface area contributed by atoms with Crippen LogP contribution < -0.4 is 11.1 Å². The van der Waals surface area contributed by atoms with Crippen LogP contribution in [0.4, 0.5) is 0 Å². The number of nitrogens with one attached hydrogen (secondary N) is 1. The number of amides is 1. The van der Waals surface area contributed by atoms with Gasteiger partial charge in [0, 0.05) is 25.2 Å². The van der Waals surface area contributed by atoms with Crippen molar-refractivity contribution < 1.29 is 9.53 Å². The molecule has 2 rings (SSSR count). The van der Waals surface area contributed by atoms with Gasteiger partial charge in [0.1, 0.15) is 0 Å². The van der Waals surface area contributed by atoms with Crippen LogP contribution in [0.15, 0.2) is 0 Å². The maximum Gasteiger partial charge on any atom is 0.237 e. The third kappa shape index (κ3) is 3.93. The van der Waals surface area contributed by atoms with Gasteiger partial charge in [-0.05, 0) is 52.5 Å². The predicted molar refractivity (Wildman–Crippen MR) is 79.5 cm³/mol. The molecule has 0 radical (unpaired) electrons. The van der Waals surface area contributed by atoms with E-state index in [4.69, 9.17) is 10.5 Å². The van der Waals surface area contributed by atoms with Gasteiger partial charge in [0.2, 0.25) is 5.91 Å². The first-order chi connectivity index (χ1) is 9.57. The lowest BCUT2D eigenvalue weighted by Crippen LogP contribution is -2.61. The first kappa shape index (κ1) is 15.7. The Labute approximate surface area is 122 Å². The van der Waals surface area contributed by atoms with Crippen LogP contribution in [0.1, 0.15) is 45.4 Å². The molecule has 116 valence electrons. The molecule has 0 bridgehead atoms. The molecular formula is C15H29N3O2. The summed E-state index contributed by atoms with van der Waals surface area (Å²) in [4.78, 5) is 14.3. The Balaban J connectivity index is 1.92. The zero-order valence-electron chi connectivity index (χ0n) is 12.9. The van der Waals surface area contributed by atoms with Crippen LogP contribution in [0, 0.1) is 0 Å². The van der Waals surface area contributed by atoms with E-state index in [1.807, 2.05) is 6.92 Å². The number of rotatable bonds is 8. The number of likely N-dealkylation sites (N-methyl/N-ethyl adjacent to an activating group) is 1. The van der Waals surface area contributed by atoms with Crippen molar-refractivity contribution in [1.82, 2.24) is 10.2 Å². The number of nitrogens with zero attached hydrogens (tertiary/aromatic N) is 1. The molecule has 0 heterocycles. The Kier molecular flexibility index (Phi) is 5.41. The van der Waals surface area contributed by atoms with E-state index in [-0.39, 0.29) is 5.91 Å². The van der Waals surface area contributed by atoms with E-state index in [0.717, 1.165) is 45.4 Å². The van der Waals surface area contributed by atoms with Gasteiger partial charge in [0.15, 0.2) is 0 Å². The lowest BCUT2D eigenvalue weighted by Gasteiger charge is -2.42. The summed E-state index contributed by atoms with van der Waals surface area (Å²) >= 11 is 0. The van der Waals surface area contributed by atoms with E-state index in [0.29, 0.717) is 12.1 Å². The normalized spacial score (nSPS) is 30.6. The molecule has 5 nitrogen and oxygen atoms in total. The Morgan fingerprint density at radius 3 is 2.80 bits per heavy atom. The molecule has 0 aromatic heterocycles. The van der Waals surface area contributed by atoms with Crippen molar-refractivity contribution in [2.24, 2.45) is 5.73 Å². The van der Waals surface area contributed by atoms with Crippen molar-refractivity contribution in [2.45, 2.75) is 63.1 Å². The maximum absolute atomic E-state index is 12.0. The largest absolute Gasteiger partial charge is 0.380 e. The average Bonchev–Trinajstić information content (AvgIpc) is 3.23. The van der Waals surface area contributed by atoms with Gasteiger partial charge in [-0.3, -0.25) is 4.79 Å². The van der Waals surface area contributed by atoms with Crippen molar-refractivity contribution in [3.05, 3.63) is 0 Å². The second kappa shape index (κ2) is 6.87. The number of hydrogen-bond acceptors (Lipinski definition) is 4. The highest BCUT2D eigenvalue weighted by Crippen LogP contribution is 2.34. The molecule has 20 heavy (non-hydrogen) atoms. The van der Waals surface area contributed by atoms with Crippen LogP contribution in [0.25, 0.3) is 0 Å². The van der Waals surface area contributed by atoms with Gasteiger partial charge in [0.05, 0.1) is 12.1 Å². The van der Waals surface area contributed by atoms with Crippen LogP contribution in [-0.2, 0) is 9.53 Å². The predicted octanol–water partition coefficient (Wildman–Crippen LogP) is 0.873. The van der Waals surface area contributed by atoms with Gasteiger partial charge in [-0.1, -0.05) is 0 Å². The molecule has 0 saturated heterocycles. The number of ether oxygens (including phenoxy) is 1. The van der Waals surface area contributed by atoms with E-state index >= 15 is 0 Å². The highest BCUT2D eigenvalue weighted by atomic mass is 16.5. The Morgan fingerprint density at radius 1 is 1.45 bits per heavy atom. The van der Waals surface area contributed by atoms with E-state index in [1.54, 1.807) is 0 Å². The summed E-state index contributed by atoms with van der Waals surface area (Å²) in [6, 6.07) is 0.929. The third-order valence-corrected chi connectivity index (χ3v) is 4.67. The van der Waals surface area contributed by atoms with Crippen LogP contribution in [0.3, 0.4) is 0 Å². The molecule has 2 atom stereocenters. The van der Waals surface area contributed by atoms with Gasteiger partial charge in [0.25, 0.3) is 0 Å². The molecule has 0 spiro atoms. The number of carbonyl (C=O) groups excluding carboxylic acids is 1. The van der Waals surface area contributed by atoms with E-state index in [2.05, 4.69) is 17.3 Å². The highest BCUT2D eigenvalue weighted by Gasteiger charge is 2.45. The molecule has 2 fully saturated rings. The quantitative estimate of drug-likeness (QED) is 0.649. The maximum atomic E-state index is 12.0. The van der Waals surface area contributed by atoms with Gasteiger partial charge in [-0.15, -0.1) is 0 Å². The van der Waals surface area contributed by atoms with Crippen LogP contribution in [0.5, 0.6) is 0 Å². The van der Waals surface area contributed by atoms with Gasteiger partial charge < -0.3 is 20.7 Å².